The highest BCUT2D eigenvalue weighted by Crippen LogP contribution is 2.23. The van der Waals surface area contributed by atoms with Crippen LogP contribution in [0.25, 0.3) is 0 Å². The molecule has 1 aliphatic heterocycles. The summed E-state index contributed by atoms with van der Waals surface area (Å²) in [6, 6.07) is 0.247. The van der Waals surface area contributed by atoms with Crippen molar-refractivity contribution in [2.75, 3.05) is 18.8 Å². The van der Waals surface area contributed by atoms with Crippen LogP contribution in [0.4, 0.5) is 5.82 Å². The number of anilines is 1. The zero-order valence-electron chi connectivity index (χ0n) is 8.47. The second-order valence-corrected chi connectivity index (χ2v) is 3.66. The summed E-state index contributed by atoms with van der Waals surface area (Å²) < 4.78 is 1.91. The van der Waals surface area contributed by atoms with Crippen molar-refractivity contribution in [3.8, 4) is 0 Å². The highest BCUT2D eigenvalue weighted by Gasteiger charge is 2.26. The number of nitrogen functional groups attached to an aromatic ring is 1. The van der Waals surface area contributed by atoms with E-state index in [-0.39, 0.29) is 11.9 Å². The van der Waals surface area contributed by atoms with Crippen LogP contribution in [0.15, 0.2) is 25.2 Å². The van der Waals surface area contributed by atoms with Gasteiger partial charge in [0.15, 0.2) is 0 Å². The molecule has 0 saturated carbocycles. The predicted molar refractivity (Wildman–Crippen MR) is 57.1 cm³/mol. The van der Waals surface area contributed by atoms with E-state index in [1.807, 2.05) is 4.57 Å². The van der Waals surface area contributed by atoms with Crippen LogP contribution in [-0.2, 0) is 4.79 Å². The highest BCUT2D eigenvalue weighted by molar-refractivity contribution is 5.87. The number of likely N-dealkylation sites (tertiary alicyclic amines) is 1. The molecule has 5 nitrogen and oxygen atoms in total. The van der Waals surface area contributed by atoms with Crippen LogP contribution in [0.2, 0.25) is 0 Å². The molecule has 0 aromatic carbocycles. The van der Waals surface area contributed by atoms with Crippen molar-refractivity contribution in [3.63, 3.8) is 0 Å². The molecule has 5 heteroatoms. The fourth-order valence-electron chi connectivity index (χ4n) is 1.92. The largest absolute Gasteiger partial charge is 0.384 e. The van der Waals surface area contributed by atoms with E-state index in [1.54, 1.807) is 17.4 Å². The van der Waals surface area contributed by atoms with Gasteiger partial charge in [-0.1, -0.05) is 6.58 Å². The first-order chi connectivity index (χ1) is 7.22. The van der Waals surface area contributed by atoms with E-state index in [1.165, 1.54) is 6.08 Å². The second-order valence-electron chi connectivity index (χ2n) is 3.66. The molecule has 1 unspecified atom stereocenters. The lowest BCUT2D eigenvalue weighted by atomic mass is 10.2. The molecule has 15 heavy (non-hydrogen) atoms. The zero-order valence-corrected chi connectivity index (χ0v) is 8.47. The van der Waals surface area contributed by atoms with Gasteiger partial charge in [0.05, 0.1) is 18.6 Å². The Labute approximate surface area is 88.2 Å². The Balaban J connectivity index is 2.08. The molecule has 0 bridgehead atoms. The lowest BCUT2D eigenvalue weighted by Crippen LogP contribution is -2.27. The fourth-order valence-corrected chi connectivity index (χ4v) is 1.92. The van der Waals surface area contributed by atoms with Crippen LogP contribution >= 0.6 is 0 Å². The van der Waals surface area contributed by atoms with Gasteiger partial charge in [-0.2, -0.15) is 0 Å². The average molecular weight is 206 g/mol. The minimum atomic E-state index is -0.0174. The second kappa shape index (κ2) is 3.76. The van der Waals surface area contributed by atoms with Crippen molar-refractivity contribution in [1.82, 2.24) is 14.5 Å². The van der Waals surface area contributed by atoms with Crippen LogP contribution in [0.3, 0.4) is 0 Å². The third-order valence-electron chi connectivity index (χ3n) is 2.74. The molecule has 1 amide bonds. The topological polar surface area (TPSA) is 64.2 Å². The van der Waals surface area contributed by atoms with E-state index >= 15 is 0 Å². The molecule has 1 aliphatic rings. The Bertz CT molecular complexity index is 385. The van der Waals surface area contributed by atoms with E-state index in [0.29, 0.717) is 12.4 Å². The van der Waals surface area contributed by atoms with Gasteiger partial charge in [0.25, 0.3) is 0 Å². The lowest BCUT2D eigenvalue weighted by molar-refractivity contribution is -0.125. The minimum Gasteiger partial charge on any atom is -0.384 e. The Morgan fingerprint density at radius 1 is 1.73 bits per heavy atom. The summed E-state index contributed by atoms with van der Waals surface area (Å²) in [4.78, 5) is 17.1. The number of imidazole rings is 1. The maximum Gasteiger partial charge on any atom is 0.246 e. The summed E-state index contributed by atoms with van der Waals surface area (Å²) in [6.45, 7) is 4.92. The van der Waals surface area contributed by atoms with Crippen molar-refractivity contribution in [2.24, 2.45) is 0 Å². The number of hydrogen-bond donors (Lipinski definition) is 1. The summed E-state index contributed by atoms with van der Waals surface area (Å²) in [6.07, 6.45) is 5.60. The number of rotatable bonds is 2. The van der Waals surface area contributed by atoms with Gasteiger partial charge in [-0.05, 0) is 12.5 Å². The Morgan fingerprint density at radius 2 is 2.53 bits per heavy atom. The maximum atomic E-state index is 11.4. The molecule has 1 saturated heterocycles. The quantitative estimate of drug-likeness (QED) is 0.713. The number of amides is 1. The number of hydrogen-bond acceptors (Lipinski definition) is 3. The average Bonchev–Trinajstić information content (AvgIpc) is 2.84. The van der Waals surface area contributed by atoms with Crippen molar-refractivity contribution < 1.29 is 4.79 Å². The normalized spacial score (nSPS) is 20.5. The first-order valence-electron chi connectivity index (χ1n) is 4.91. The first kappa shape index (κ1) is 9.76. The standard InChI is InChI=1S/C10H14N4O/c1-2-10(15)13-4-3-8(6-13)14-7-12-5-9(14)11/h2,5,7-8H,1,3-4,6,11H2. The number of nitrogens with zero attached hydrogens (tertiary/aromatic N) is 3. The van der Waals surface area contributed by atoms with Gasteiger partial charge >= 0.3 is 0 Å². The summed E-state index contributed by atoms with van der Waals surface area (Å²) in [5, 5.41) is 0. The SMILES string of the molecule is C=CC(=O)N1CCC(n2cncc2N)C1. The number of carbonyl (C=O) groups is 1. The van der Waals surface area contributed by atoms with Gasteiger partial charge in [0.1, 0.15) is 5.82 Å². The molecule has 2 N–H and O–H groups in total. The van der Waals surface area contributed by atoms with E-state index in [0.717, 1.165) is 13.0 Å². The molecule has 1 atom stereocenters. The van der Waals surface area contributed by atoms with Crippen molar-refractivity contribution in [3.05, 3.63) is 25.2 Å². The van der Waals surface area contributed by atoms with Gasteiger partial charge in [0.2, 0.25) is 5.91 Å². The van der Waals surface area contributed by atoms with Crippen LogP contribution in [0, 0.1) is 0 Å². The molecular weight excluding hydrogens is 192 g/mol. The maximum absolute atomic E-state index is 11.4. The van der Waals surface area contributed by atoms with Gasteiger partial charge in [-0.15, -0.1) is 0 Å². The smallest absolute Gasteiger partial charge is 0.246 e. The van der Waals surface area contributed by atoms with E-state index < -0.39 is 0 Å². The number of nitrogens with two attached hydrogens (primary N) is 1. The van der Waals surface area contributed by atoms with E-state index in [9.17, 15) is 4.79 Å². The van der Waals surface area contributed by atoms with Crippen LogP contribution < -0.4 is 5.73 Å². The van der Waals surface area contributed by atoms with Crippen LogP contribution in [-0.4, -0.2) is 33.4 Å². The predicted octanol–water partition coefficient (Wildman–Crippen LogP) is 0.425. The van der Waals surface area contributed by atoms with Crippen molar-refractivity contribution in [1.29, 1.82) is 0 Å². The zero-order chi connectivity index (χ0) is 10.8. The van der Waals surface area contributed by atoms with E-state index in [2.05, 4.69) is 11.6 Å². The molecule has 0 spiro atoms. The monoisotopic (exact) mass is 206 g/mol. The van der Waals surface area contributed by atoms with Gasteiger partial charge in [0, 0.05) is 13.1 Å². The Morgan fingerprint density at radius 3 is 3.13 bits per heavy atom. The third-order valence-corrected chi connectivity index (χ3v) is 2.74. The molecule has 0 aliphatic carbocycles. The van der Waals surface area contributed by atoms with Crippen molar-refractivity contribution >= 4 is 11.7 Å². The van der Waals surface area contributed by atoms with Gasteiger partial charge < -0.3 is 15.2 Å². The minimum absolute atomic E-state index is 0.0174. The van der Waals surface area contributed by atoms with Gasteiger partial charge in [-0.3, -0.25) is 4.79 Å². The number of aromatic nitrogens is 2. The molecule has 80 valence electrons. The molecule has 1 aromatic heterocycles. The van der Waals surface area contributed by atoms with Crippen LogP contribution in [0.1, 0.15) is 12.5 Å². The summed E-state index contributed by atoms with van der Waals surface area (Å²) >= 11 is 0. The highest BCUT2D eigenvalue weighted by atomic mass is 16.2. The molecule has 2 rings (SSSR count). The van der Waals surface area contributed by atoms with E-state index in [4.69, 9.17) is 5.73 Å². The van der Waals surface area contributed by atoms with Crippen LogP contribution in [0.5, 0.6) is 0 Å². The lowest BCUT2D eigenvalue weighted by Gasteiger charge is -2.15. The number of carbonyl (C=O) groups excluding carboxylic acids is 1. The molecule has 1 aromatic rings. The summed E-state index contributed by atoms with van der Waals surface area (Å²) in [7, 11) is 0. The van der Waals surface area contributed by atoms with Gasteiger partial charge in [-0.25, -0.2) is 4.98 Å². The fraction of sp³-hybridized carbons (Fsp3) is 0.400. The first-order valence-corrected chi connectivity index (χ1v) is 4.91. The Hall–Kier alpha value is -1.78. The molecule has 2 heterocycles. The van der Waals surface area contributed by atoms with Crippen molar-refractivity contribution in [2.45, 2.75) is 12.5 Å². The molecular formula is C10H14N4O. The Kier molecular flexibility index (Phi) is 2.45. The molecule has 1 fully saturated rings. The summed E-state index contributed by atoms with van der Waals surface area (Å²) in [5.74, 6) is 0.629. The summed E-state index contributed by atoms with van der Waals surface area (Å²) in [5.41, 5.74) is 5.75. The molecule has 0 radical (unpaired) electrons. The third kappa shape index (κ3) is 1.72.